The lowest BCUT2D eigenvalue weighted by molar-refractivity contribution is 0.289. The first-order valence-electron chi connectivity index (χ1n) is 10.9. The van der Waals surface area contributed by atoms with E-state index < -0.39 is 37.3 Å². The Kier molecular flexibility index (Phi) is 7.89. The number of halogens is 3. The molecule has 0 spiro atoms. The van der Waals surface area contributed by atoms with Gasteiger partial charge in [-0.05, 0) is 39.8 Å². The minimum Gasteiger partial charge on any atom is -0.486 e. The van der Waals surface area contributed by atoms with E-state index in [2.05, 4.69) is 5.10 Å². The summed E-state index contributed by atoms with van der Waals surface area (Å²) in [6.45, 7) is 8.14. The molecule has 0 amide bonds. The molecule has 2 heterocycles. The van der Waals surface area contributed by atoms with Crippen molar-refractivity contribution in [3.8, 4) is 11.4 Å². The highest BCUT2D eigenvalue weighted by Gasteiger charge is 2.31. The van der Waals surface area contributed by atoms with Crippen LogP contribution in [0.3, 0.4) is 0 Å². The van der Waals surface area contributed by atoms with Crippen LogP contribution in [0, 0.1) is 11.6 Å². The maximum Gasteiger partial charge on any atom is 0.316 e. The fourth-order valence-corrected chi connectivity index (χ4v) is 4.86. The quantitative estimate of drug-likeness (QED) is 0.499. The Labute approximate surface area is 203 Å². The third-order valence-electron chi connectivity index (χ3n) is 5.48. The predicted octanol–water partition coefficient (Wildman–Crippen LogP) is 3.16. The van der Waals surface area contributed by atoms with Gasteiger partial charge in [-0.2, -0.15) is 14.1 Å². The molecule has 0 radical (unpaired) electrons. The van der Waals surface area contributed by atoms with Crippen molar-refractivity contribution in [1.29, 1.82) is 0 Å². The first-order chi connectivity index (χ1) is 15.8. The van der Waals surface area contributed by atoms with Crippen LogP contribution in [0.1, 0.15) is 34.1 Å². The summed E-state index contributed by atoms with van der Waals surface area (Å²) < 4.78 is 60.6. The lowest BCUT2D eigenvalue weighted by atomic mass is 10.1. The van der Waals surface area contributed by atoms with E-state index in [-0.39, 0.29) is 31.1 Å². The smallest absolute Gasteiger partial charge is 0.316 e. The molecule has 3 rings (SSSR count). The minimum atomic E-state index is -3.40. The van der Waals surface area contributed by atoms with Crippen LogP contribution in [-0.4, -0.2) is 65.4 Å². The highest BCUT2D eigenvalue weighted by atomic mass is 35.5. The number of sulfonamides is 1. The Morgan fingerprint density at radius 3 is 2.24 bits per heavy atom. The van der Waals surface area contributed by atoms with E-state index >= 15 is 0 Å². The first kappa shape index (κ1) is 26.4. The molecular weight excluding hydrogens is 490 g/mol. The summed E-state index contributed by atoms with van der Waals surface area (Å²) >= 11 is 6.24. The number of aromatic nitrogens is 2. The molecule has 1 aromatic heterocycles. The topological polar surface area (TPSA) is 84.7 Å². The number of ether oxygens (including phenoxy) is 1. The summed E-state index contributed by atoms with van der Waals surface area (Å²) in [6.07, 6.45) is 1.82. The number of hydrogen-bond donors (Lipinski definition) is 0. The Morgan fingerprint density at radius 2 is 1.71 bits per heavy atom. The SMILES string of the molecule is CC(C)S(=O)(=O)N1CCN(c2cnn(-c3cc(F)cc(F)c3)c(=O)c2OCCC(C)(C)Cl)CC1. The van der Waals surface area contributed by atoms with Gasteiger partial charge in [-0.25, -0.2) is 17.2 Å². The zero-order chi connectivity index (χ0) is 25.3. The molecule has 12 heteroatoms. The molecule has 0 unspecified atom stereocenters. The average molecular weight is 519 g/mol. The Hall–Kier alpha value is -2.24. The van der Waals surface area contributed by atoms with E-state index in [1.165, 1.54) is 10.5 Å². The summed E-state index contributed by atoms with van der Waals surface area (Å²) in [5.41, 5.74) is -0.386. The van der Waals surface area contributed by atoms with Crippen LogP contribution >= 0.6 is 11.6 Å². The molecule has 188 valence electrons. The van der Waals surface area contributed by atoms with Crippen LogP contribution in [-0.2, 0) is 10.0 Å². The zero-order valence-corrected chi connectivity index (χ0v) is 21.2. The monoisotopic (exact) mass is 518 g/mol. The Bertz CT molecular complexity index is 1170. The molecule has 34 heavy (non-hydrogen) atoms. The van der Waals surface area contributed by atoms with Crippen molar-refractivity contribution in [2.24, 2.45) is 0 Å². The van der Waals surface area contributed by atoms with Gasteiger partial charge in [0.05, 0.1) is 23.7 Å². The van der Waals surface area contributed by atoms with Crippen LogP contribution in [0.15, 0.2) is 29.2 Å². The minimum absolute atomic E-state index is 0.0410. The Morgan fingerprint density at radius 1 is 1.12 bits per heavy atom. The van der Waals surface area contributed by atoms with Gasteiger partial charge in [-0.15, -0.1) is 11.6 Å². The van der Waals surface area contributed by atoms with Gasteiger partial charge in [0.25, 0.3) is 0 Å². The summed E-state index contributed by atoms with van der Waals surface area (Å²) in [6, 6.07) is 2.70. The van der Waals surface area contributed by atoms with Crippen molar-refractivity contribution in [3.05, 3.63) is 46.4 Å². The molecule has 0 N–H and O–H groups in total. The Balaban J connectivity index is 1.95. The highest BCUT2D eigenvalue weighted by Crippen LogP contribution is 2.28. The summed E-state index contributed by atoms with van der Waals surface area (Å²) in [7, 11) is -3.40. The van der Waals surface area contributed by atoms with Gasteiger partial charge in [-0.3, -0.25) is 4.79 Å². The van der Waals surface area contributed by atoms with Gasteiger partial charge in [0.1, 0.15) is 17.3 Å². The maximum absolute atomic E-state index is 13.7. The van der Waals surface area contributed by atoms with Gasteiger partial charge in [0, 0.05) is 43.5 Å². The van der Waals surface area contributed by atoms with Gasteiger partial charge >= 0.3 is 5.56 Å². The molecule has 0 saturated carbocycles. The van der Waals surface area contributed by atoms with Gasteiger partial charge < -0.3 is 9.64 Å². The lowest BCUT2D eigenvalue weighted by Gasteiger charge is -2.36. The van der Waals surface area contributed by atoms with Crippen LogP contribution in [0.25, 0.3) is 5.69 Å². The number of hydrogen-bond acceptors (Lipinski definition) is 6. The van der Waals surface area contributed by atoms with Crippen molar-refractivity contribution >= 4 is 27.3 Å². The van der Waals surface area contributed by atoms with Crippen molar-refractivity contribution in [3.63, 3.8) is 0 Å². The normalized spacial score (nSPS) is 15.7. The molecule has 0 bridgehead atoms. The van der Waals surface area contributed by atoms with Crippen molar-refractivity contribution in [1.82, 2.24) is 14.1 Å². The second kappa shape index (κ2) is 10.2. The molecule has 1 saturated heterocycles. The highest BCUT2D eigenvalue weighted by molar-refractivity contribution is 7.89. The summed E-state index contributed by atoms with van der Waals surface area (Å²) in [5, 5.41) is 3.58. The molecule has 8 nitrogen and oxygen atoms in total. The molecule has 1 aliphatic rings. The average Bonchev–Trinajstić information content (AvgIpc) is 2.73. The van der Waals surface area contributed by atoms with E-state index in [0.29, 0.717) is 31.3 Å². The van der Waals surface area contributed by atoms with Crippen LogP contribution in [0.5, 0.6) is 5.75 Å². The molecule has 1 aromatic carbocycles. The van der Waals surface area contributed by atoms with Crippen LogP contribution in [0.4, 0.5) is 14.5 Å². The molecule has 1 fully saturated rings. The summed E-state index contributed by atoms with van der Waals surface area (Å²) in [5.74, 6) is -1.73. The van der Waals surface area contributed by atoms with Crippen LogP contribution in [0.2, 0.25) is 0 Å². The molecule has 0 aliphatic carbocycles. The van der Waals surface area contributed by atoms with Crippen molar-refractivity contribution < 1.29 is 21.9 Å². The maximum atomic E-state index is 13.7. The van der Waals surface area contributed by atoms with E-state index in [9.17, 15) is 22.0 Å². The third-order valence-corrected chi connectivity index (χ3v) is 7.95. The molecule has 0 atom stereocenters. The first-order valence-corrected chi connectivity index (χ1v) is 12.8. The van der Waals surface area contributed by atoms with E-state index in [0.717, 1.165) is 16.8 Å². The van der Waals surface area contributed by atoms with Crippen molar-refractivity contribution in [2.75, 3.05) is 37.7 Å². The number of rotatable bonds is 8. The number of anilines is 1. The van der Waals surface area contributed by atoms with Gasteiger partial charge in [-0.1, -0.05) is 0 Å². The standard InChI is InChI=1S/C22H29ClF2N4O4S/c1-15(2)34(31,32)28-8-6-27(7-9-28)19-14-26-29(18-12-16(24)11-17(25)13-18)21(30)20(19)33-10-5-22(3,4)23/h11-15H,5-10H2,1-4H3. The van der Waals surface area contributed by atoms with E-state index in [1.807, 2.05) is 18.7 Å². The molecule has 1 aliphatic heterocycles. The molecule has 2 aromatic rings. The van der Waals surface area contributed by atoms with Gasteiger partial charge in [0.15, 0.2) is 0 Å². The lowest BCUT2D eigenvalue weighted by Crippen LogP contribution is -2.50. The molecular formula is C22H29ClF2N4O4S. The van der Waals surface area contributed by atoms with Crippen molar-refractivity contribution in [2.45, 2.75) is 44.2 Å². The van der Waals surface area contributed by atoms with E-state index in [1.54, 1.807) is 13.8 Å². The number of nitrogens with zero attached hydrogens (tertiary/aromatic N) is 4. The zero-order valence-electron chi connectivity index (χ0n) is 19.6. The fraction of sp³-hybridized carbons (Fsp3) is 0.545. The second-order valence-corrected chi connectivity index (χ2v) is 12.5. The van der Waals surface area contributed by atoms with Gasteiger partial charge in [0.2, 0.25) is 15.8 Å². The van der Waals surface area contributed by atoms with Crippen LogP contribution < -0.4 is 15.2 Å². The number of alkyl halides is 1. The number of piperazine rings is 1. The predicted molar refractivity (Wildman–Crippen MR) is 128 cm³/mol. The second-order valence-electron chi connectivity index (χ2n) is 9.00. The summed E-state index contributed by atoms with van der Waals surface area (Å²) in [4.78, 5) is 14.5. The number of benzene rings is 1. The fourth-order valence-electron chi connectivity index (χ4n) is 3.51. The largest absolute Gasteiger partial charge is 0.486 e. The third kappa shape index (κ3) is 6.05. The van der Waals surface area contributed by atoms with E-state index in [4.69, 9.17) is 16.3 Å².